The molecule has 5 heteroatoms. The average Bonchev–Trinajstić information content (AvgIpc) is 2.39. The van der Waals surface area contributed by atoms with E-state index in [9.17, 15) is 4.79 Å². The third-order valence-electron chi connectivity index (χ3n) is 3.78. The van der Waals surface area contributed by atoms with Crippen molar-refractivity contribution >= 4 is 5.97 Å². The number of esters is 1. The molecular weight excluding hydrogens is 230 g/mol. The number of likely N-dealkylation sites (tertiary alicyclic amines) is 1. The van der Waals surface area contributed by atoms with Gasteiger partial charge in [-0.15, -0.1) is 0 Å². The molecule has 0 aromatic heterocycles. The van der Waals surface area contributed by atoms with Crippen molar-refractivity contribution in [1.82, 2.24) is 15.1 Å². The molecule has 5 nitrogen and oxygen atoms in total. The second-order valence-electron chi connectivity index (χ2n) is 5.21. The Balaban J connectivity index is 2.35. The molecule has 1 N–H and O–H groups in total. The Labute approximate surface area is 110 Å². The highest BCUT2D eigenvalue weighted by Crippen LogP contribution is 2.14. The standard InChI is InChI=1S/C13H27N3O2/c1-14-12(13(17)18-4)7-9-16-8-5-6-11(10-16)15(2)3/h11-12,14H,5-10H2,1-4H3. The molecule has 1 fully saturated rings. The van der Waals surface area contributed by atoms with Crippen LogP contribution >= 0.6 is 0 Å². The van der Waals surface area contributed by atoms with Gasteiger partial charge in [-0.2, -0.15) is 0 Å². The van der Waals surface area contributed by atoms with Gasteiger partial charge in [0.1, 0.15) is 6.04 Å². The van der Waals surface area contributed by atoms with Gasteiger partial charge in [-0.1, -0.05) is 0 Å². The summed E-state index contributed by atoms with van der Waals surface area (Å²) in [6, 6.07) is 0.458. The predicted molar refractivity (Wildman–Crippen MR) is 72.6 cm³/mol. The first kappa shape index (κ1) is 15.4. The molecular formula is C13H27N3O2. The Bertz CT molecular complexity index is 259. The molecule has 0 aromatic carbocycles. The summed E-state index contributed by atoms with van der Waals surface area (Å²) in [5.41, 5.74) is 0. The van der Waals surface area contributed by atoms with E-state index >= 15 is 0 Å². The van der Waals surface area contributed by atoms with Crippen LogP contribution in [-0.4, -0.2) is 75.7 Å². The maximum absolute atomic E-state index is 11.5. The molecule has 18 heavy (non-hydrogen) atoms. The maximum Gasteiger partial charge on any atom is 0.322 e. The van der Waals surface area contributed by atoms with E-state index in [0.29, 0.717) is 6.04 Å². The van der Waals surface area contributed by atoms with Crippen molar-refractivity contribution < 1.29 is 9.53 Å². The van der Waals surface area contributed by atoms with Gasteiger partial charge in [0.2, 0.25) is 0 Å². The summed E-state index contributed by atoms with van der Waals surface area (Å²) in [5.74, 6) is -0.168. The van der Waals surface area contributed by atoms with Gasteiger partial charge in [-0.25, -0.2) is 0 Å². The molecule has 0 aliphatic carbocycles. The smallest absolute Gasteiger partial charge is 0.322 e. The summed E-state index contributed by atoms with van der Waals surface area (Å²) in [7, 11) is 7.52. The van der Waals surface area contributed by atoms with Crippen molar-refractivity contribution in [2.45, 2.75) is 31.3 Å². The van der Waals surface area contributed by atoms with Crippen LogP contribution < -0.4 is 5.32 Å². The van der Waals surface area contributed by atoms with Gasteiger partial charge in [-0.3, -0.25) is 4.79 Å². The molecule has 1 aliphatic heterocycles. The van der Waals surface area contributed by atoms with E-state index in [1.807, 2.05) is 0 Å². The zero-order chi connectivity index (χ0) is 13.5. The Hall–Kier alpha value is -0.650. The summed E-state index contributed by atoms with van der Waals surface area (Å²) >= 11 is 0. The van der Waals surface area contributed by atoms with Gasteiger partial charge in [0.15, 0.2) is 0 Å². The number of methoxy groups -OCH3 is 1. The first-order chi connectivity index (χ1) is 8.58. The van der Waals surface area contributed by atoms with E-state index in [0.717, 1.165) is 26.1 Å². The fourth-order valence-corrected chi connectivity index (χ4v) is 2.49. The number of rotatable bonds is 6. The number of nitrogens with one attached hydrogen (secondary N) is 1. The lowest BCUT2D eigenvalue weighted by Crippen LogP contribution is -2.47. The van der Waals surface area contributed by atoms with E-state index in [2.05, 4.69) is 29.2 Å². The Kier molecular flexibility index (Phi) is 6.60. The van der Waals surface area contributed by atoms with E-state index < -0.39 is 0 Å². The molecule has 106 valence electrons. The minimum absolute atomic E-state index is 0.168. The van der Waals surface area contributed by atoms with Crippen molar-refractivity contribution in [2.75, 3.05) is 47.9 Å². The average molecular weight is 257 g/mol. The van der Waals surface area contributed by atoms with Crippen LogP contribution in [0.2, 0.25) is 0 Å². The zero-order valence-electron chi connectivity index (χ0n) is 12.1. The minimum Gasteiger partial charge on any atom is -0.468 e. The van der Waals surface area contributed by atoms with Crippen molar-refractivity contribution in [3.63, 3.8) is 0 Å². The number of piperidine rings is 1. The molecule has 0 bridgehead atoms. The molecule has 0 saturated carbocycles. The van der Waals surface area contributed by atoms with Crippen LogP contribution in [0.5, 0.6) is 0 Å². The molecule has 0 amide bonds. The molecule has 1 rings (SSSR count). The normalized spacial score (nSPS) is 23.1. The number of ether oxygens (including phenoxy) is 1. The Morgan fingerprint density at radius 1 is 1.56 bits per heavy atom. The third kappa shape index (κ3) is 4.55. The fraction of sp³-hybridized carbons (Fsp3) is 0.923. The SMILES string of the molecule is CNC(CCN1CCCC(N(C)C)C1)C(=O)OC. The Morgan fingerprint density at radius 2 is 2.28 bits per heavy atom. The molecule has 1 heterocycles. The van der Waals surface area contributed by atoms with Gasteiger partial charge in [0, 0.05) is 19.1 Å². The largest absolute Gasteiger partial charge is 0.468 e. The third-order valence-corrected chi connectivity index (χ3v) is 3.78. The summed E-state index contributed by atoms with van der Waals surface area (Å²) in [5, 5.41) is 3.01. The molecule has 0 spiro atoms. The van der Waals surface area contributed by atoms with Gasteiger partial charge in [-0.05, 0) is 47.0 Å². The van der Waals surface area contributed by atoms with Crippen LogP contribution in [0.1, 0.15) is 19.3 Å². The summed E-state index contributed by atoms with van der Waals surface area (Å²) in [4.78, 5) is 16.2. The summed E-state index contributed by atoms with van der Waals surface area (Å²) in [6.07, 6.45) is 3.32. The fourth-order valence-electron chi connectivity index (χ4n) is 2.49. The number of carbonyl (C=O) groups excluding carboxylic acids is 1. The van der Waals surface area contributed by atoms with Crippen LogP contribution in [0.15, 0.2) is 0 Å². The zero-order valence-corrected chi connectivity index (χ0v) is 12.1. The monoisotopic (exact) mass is 257 g/mol. The van der Waals surface area contributed by atoms with Crippen molar-refractivity contribution in [2.24, 2.45) is 0 Å². The van der Waals surface area contributed by atoms with Crippen LogP contribution in [0.3, 0.4) is 0 Å². The summed E-state index contributed by atoms with van der Waals surface area (Å²) < 4.78 is 4.77. The van der Waals surface area contributed by atoms with Gasteiger partial charge in [0.05, 0.1) is 7.11 Å². The van der Waals surface area contributed by atoms with Crippen LogP contribution in [0, 0.1) is 0 Å². The highest BCUT2D eigenvalue weighted by Gasteiger charge is 2.23. The lowest BCUT2D eigenvalue weighted by Gasteiger charge is -2.36. The van der Waals surface area contributed by atoms with Gasteiger partial charge >= 0.3 is 5.97 Å². The summed E-state index contributed by atoms with van der Waals surface area (Å²) in [6.45, 7) is 3.19. The highest BCUT2D eigenvalue weighted by molar-refractivity contribution is 5.75. The molecule has 2 atom stereocenters. The number of likely N-dealkylation sites (N-methyl/N-ethyl adjacent to an activating group) is 2. The Morgan fingerprint density at radius 3 is 2.83 bits per heavy atom. The molecule has 0 radical (unpaired) electrons. The molecule has 1 saturated heterocycles. The lowest BCUT2D eigenvalue weighted by molar-refractivity contribution is -0.143. The second kappa shape index (κ2) is 7.71. The first-order valence-corrected chi connectivity index (χ1v) is 6.72. The predicted octanol–water partition coefficient (Wildman–Crippen LogP) is 0.164. The van der Waals surface area contributed by atoms with Gasteiger partial charge < -0.3 is 19.9 Å². The van der Waals surface area contributed by atoms with E-state index in [1.54, 1.807) is 7.05 Å². The number of hydrogen-bond acceptors (Lipinski definition) is 5. The lowest BCUT2D eigenvalue weighted by atomic mass is 10.0. The van der Waals surface area contributed by atoms with Crippen molar-refractivity contribution in [1.29, 1.82) is 0 Å². The molecule has 0 aromatic rings. The maximum atomic E-state index is 11.5. The van der Waals surface area contributed by atoms with E-state index in [-0.39, 0.29) is 12.0 Å². The number of nitrogens with zero attached hydrogens (tertiary/aromatic N) is 2. The van der Waals surface area contributed by atoms with E-state index in [1.165, 1.54) is 20.0 Å². The first-order valence-electron chi connectivity index (χ1n) is 6.72. The second-order valence-corrected chi connectivity index (χ2v) is 5.21. The van der Waals surface area contributed by atoms with E-state index in [4.69, 9.17) is 4.74 Å². The molecule has 1 aliphatic rings. The topological polar surface area (TPSA) is 44.8 Å². The molecule has 2 unspecified atom stereocenters. The van der Waals surface area contributed by atoms with Crippen molar-refractivity contribution in [3.8, 4) is 0 Å². The van der Waals surface area contributed by atoms with Crippen molar-refractivity contribution in [3.05, 3.63) is 0 Å². The van der Waals surface area contributed by atoms with Crippen LogP contribution in [0.4, 0.5) is 0 Å². The number of carbonyl (C=O) groups is 1. The minimum atomic E-state index is -0.185. The van der Waals surface area contributed by atoms with Crippen LogP contribution in [-0.2, 0) is 9.53 Å². The van der Waals surface area contributed by atoms with Crippen LogP contribution in [0.25, 0.3) is 0 Å². The van der Waals surface area contributed by atoms with Gasteiger partial charge in [0.25, 0.3) is 0 Å². The highest BCUT2D eigenvalue weighted by atomic mass is 16.5. The number of hydrogen-bond donors (Lipinski definition) is 1. The quantitative estimate of drug-likeness (QED) is 0.687.